The molecule has 1 aromatic rings. The van der Waals surface area contributed by atoms with E-state index in [1.54, 1.807) is 11.8 Å². The second-order valence-electron chi connectivity index (χ2n) is 4.58. The second kappa shape index (κ2) is 7.25. The molecular formula is C15H20O2S2. The first-order valence-corrected chi connectivity index (χ1v) is 8.83. The van der Waals surface area contributed by atoms with E-state index in [-0.39, 0.29) is 11.0 Å². The Morgan fingerprint density at radius 2 is 2.05 bits per heavy atom. The molecular weight excluding hydrogens is 276 g/mol. The van der Waals surface area contributed by atoms with Crippen LogP contribution in [-0.4, -0.2) is 34.4 Å². The summed E-state index contributed by atoms with van der Waals surface area (Å²) in [6.45, 7) is 4.88. The van der Waals surface area contributed by atoms with Crippen molar-refractivity contribution in [1.82, 2.24) is 0 Å². The van der Waals surface area contributed by atoms with E-state index in [1.165, 1.54) is 0 Å². The zero-order valence-electron chi connectivity index (χ0n) is 11.4. The molecule has 1 heterocycles. The van der Waals surface area contributed by atoms with Crippen LogP contribution >= 0.6 is 23.5 Å². The number of ether oxygens (including phenoxy) is 1. The average molecular weight is 296 g/mol. The number of Topliss-reactive ketones (excluding diaryl/α,β-unsaturated/α-hetero) is 1. The number of ketones is 1. The minimum Gasteiger partial charge on any atom is -0.493 e. The smallest absolute Gasteiger partial charge is 0.180 e. The molecule has 2 atom stereocenters. The lowest BCUT2D eigenvalue weighted by Gasteiger charge is -2.27. The topological polar surface area (TPSA) is 26.3 Å². The average Bonchev–Trinajstić information content (AvgIpc) is 2.45. The molecule has 0 aliphatic carbocycles. The molecule has 0 N–H and O–H groups in total. The van der Waals surface area contributed by atoms with Crippen LogP contribution in [0.15, 0.2) is 24.3 Å². The number of para-hydroxylation sites is 1. The molecule has 0 bridgehead atoms. The van der Waals surface area contributed by atoms with Crippen molar-refractivity contribution in [2.24, 2.45) is 0 Å². The number of benzene rings is 1. The highest BCUT2D eigenvalue weighted by Crippen LogP contribution is 2.34. The van der Waals surface area contributed by atoms with E-state index in [0.717, 1.165) is 29.2 Å². The minimum absolute atomic E-state index is 0.0603. The normalized spacial score (nSPS) is 23.1. The Morgan fingerprint density at radius 3 is 2.79 bits per heavy atom. The number of thioether (sulfide) groups is 2. The second-order valence-corrected chi connectivity index (χ2v) is 7.31. The summed E-state index contributed by atoms with van der Waals surface area (Å²) in [5.41, 5.74) is 0.739. The van der Waals surface area contributed by atoms with Crippen molar-refractivity contribution in [3.05, 3.63) is 29.8 Å². The van der Waals surface area contributed by atoms with E-state index in [4.69, 9.17) is 4.74 Å². The molecule has 2 unspecified atom stereocenters. The van der Waals surface area contributed by atoms with E-state index in [9.17, 15) is 4.79 Å². The third-order valence-electron chi connectivity index (χ3n) is 3.06. The van der Waals surface area contributed by atoms with Crippen molar-refractivity contribution in [2.45, 2.75) is 30.8 Å². The fraction of sp³-hybridized carbons (Fsp3) is 0.533. The lowest BCUT2D eigenvalue weighted by Crippen LogP contribution is -2.31. The summed E-state index contributed by atoms with van der Waals surface area (Å²) in [7, 11) is 0. The maximum Gasteiger partial charge on any atom is 0.180 e. The van der Waals surface area contributed by atoms with Crippen molar-refractivity contribution in [2.75, 3.05) is 18.1 Å². The van der Waals surface area contributed by atoms with Crippen LogP contribution in [0, 0.1) is 0 Å². The Balaban J connectivity index is 2.17. The zero-order valence-corrected chi connectivity index (χ0v) is 13.1. The van der Waals surface area contributed by atoms with Crippen LogP contribution in [0.25, 0.3) is 0 Å². The van der Waals surface area contributed by atoms with Gasteiger partial charge in [0, 0.05) is 16.8 Å². The van der Waals surface area contributed by atoms with E-state index < -0.39 is 0 Å². The lowest BCUT2D eigenvalue weighted by atomic mass is 10.1. The summed E-state index contributed by atoms with van der Waals surface area (Å²) in [5, 5.41) is 0.440. The van der Waals surface area contributed by atoms with Gasteiger partial charge in [-0.05, 0) is 18.6 Å². The van der Waals surface area contributed by atoms with Crippen LogP contribution in [0.4, 0.5) is 0 Å². The summed E-state index contributed by atoms with van der Waals surface area (Å²) in [4.78, 5) is 12.7. The largest absolute Gasteiger partial charge is 0.493 e. The van der Waals surface area contributed by atoms with Crippen LogP contribution in [-0.2, 0) is 0 Å². The molecule has 1 aromatic carbocycles. The van der Waals surface area contributed by atoms with Gasteiger partial charge in [-0.2, -0.15) is 11.8 Å². The first-order chi connectivity index (χ1) is 9.24. The SMILES string of the molecule is CCCOc1ccccc1C(=O)C1SCCSC1C. The van der Waals surface area contributed by atoms with E-state index >= 15 is 0 Å². The third-order valence-corrected chi connectivity index (χ3v) is 6.15. The maximum absolute atomic E-state index is 12.7. The summed E-state index contributed by atoms with van der Waals surface area (Å²) < 4.78 is 5.70. The molecule has 2 rings (SSSR count). The molecule has 1 fully saturated rings. The van der Waals surface area contributed by atoms with Gasteiger partial charge in [-0.1, -0.05) is 26.0 Å². The highest BCUT2D eigenvalue weighted by molar-refractivity contribution is 8.07. The Bertz CT molecular complexity index is 434. The van der Waals surface area contributed by atoms with Crippen molar-refractivity contribution in [1.29, 1.82) is 0 Å². The van der Waals surface area contributed by atoms with E-state index in [1.807, 2.05) is 36.0 Å². The van der Waals surface area contributed by atoms with Gasteiger partial charge in [-0.25, -0.2) is 0 Å². The summed E-state index contributed by atoms with van der Waals surface area (Å²) in [5.74, 6) is 3.15. The Kier molecular flexibility index (Phi) is 5.64. The molecule has 0 saturated carbocycles. The predicted molar refractivity (Wildman–Crippen MR) is 84.7 cm³/mol. The number of carbonyl (C=O) groups is 1. The fourth-order valence-corrected chi connectivity index (χ4v) is 4.80. The highest BCUT2D eigenvalue weighted by atomic mass is 32.2. The molecule has 1 aliphatic heterocycles. The first kappa shape index (κ1) is 14.8. The van der Waals surface area contributed by atoms with Gasteiger partial charge in [0.05, 0.1) is 17.4 Å². The summed E-state index contributed by atoms with van der Waals surface area (Å²) in [6, 6.07) is 7.62. The van der Waals surface area contributed by atoms with Crippen molar-refractivity contribution >= 4 is 29.3 Å². The molecule has 0 spiro atoms. The molecule has 0 amide bonds. The number of hydrogen-bond acceptors (Lipinski definition) is 4. The number of carbonyl (C=O) groups excluding carboxylic acids is 1. The van der Waals surface area contributed by atoms with Gasteiger partial charge in [-0.15, -0.1) is 11.8 Å². The molecule has 104 valence electrons. The Labute approximate surface area is 123 Å². The number of hydrogen-bond donors (Lipinski definition) is 0. The Morgan fingerprint density at radius 1 is 1.32 bits per heavy atom. The molecule has 0 aromatic heterocycles. The molecule has 4 heteroatoms. The fourth-order valence-electron chi connectivity index (χ4n) is 2.08. The number of rotatable bonds is 5. The van der Waals surface area contributed by atoms with Crippen molar-refractivity contribution < 1.29 is 9.53 Å². The summed E-state index contributed by atoms with van der Waals surface area (Å²) in [6.07, 6.45) is 0.951. The van der Waals surface area contributed by atoms with Crippen LogP contribution < -0.4 is 4.74 Å². The van der Waals surface area contributed by atoms with Crippen molar-refractivity contribution in [3.8, 4) is 5.75 Å². The third kappa shape index (κ3) is 3.69. The van der Waals surface area contributed by atoms with Gasteiger partial charge in [0.1, 0.15) is 5.75 Å². The van der Waals surface area contributed by atoms with Crippen LogP contribution in [0.2, 0.25) is 0 Å². The highest BCUT2D eigenvalue weighted by Gasteiger charge is 2.31. The minimum atomic E-state index is 0.0603. The predicted octanol–water partition coefficient (Wildman–Crippen LogP) is 3.90. The molecule has 1 aliphatic rings. The lowest BCUT2D eigenvalue weighted by molar-refractivity contribution is 0.0985. The van der Waals surface area contributed by atoms with Crippen molar-refractivity contribution in [3.63, 3.8) is 0 Å². The summed E-state index contributed by atoms with van der Waals surface area (Å²) >= 11 is 3.67. The first-order valence-electron chi connectivity index (χ1n) is 6.73. The monoisotopic (exact) mass is 296 g/mol. The Hall–Kier alpha value is -0.610. The van der Waals surface area contributed by atoms with Gasteiger partial charge in [0.15, 0.2) is 5.78 Å². The van der Waals surface area contributed by atoms with Gasteiger partial charge in [0.25, 0.3) is 0 Å². The molecule has 1 saturated heterocycles. The maximum atomic E-state index is 12.7. The van der Waals surface area contributed by atoms with E-state index in [2.05, 4.69) is 13.8 Å². The van der Waals surface area contributed by atoms with Gasteiger partial charge in [0.2, 0.25) is 0 Å². The van der Waals surface area contributed by atoms with Gasteiger partial charge >= 0.3 is 0 Å². The van der Waals surface area contributed by atoms with E-state index in [0.29, 0.717) is 11.9 Å². The van der Waals surface area contributed by atoms with Crippen LogP contribution in [0.1, 0.15) is 30.6 Å². The molecule has 2 nitrogen and oxygen atoms in total. The molecule has 19 heavy (non-hydrogen) atoms. The standard InChI is InChI=1S/C15H20O2S2/c1-3-8-17-13-7-5-4-6-12(13)14(16)15-11(2)18-9-10-19-15/h4-7,11,15H,3,8-10H2,1-2H3. The van der Waals surface area contributed by atoms with Crippen LogP contribution in [0.3, 0.4) is 0 Å². The zero-order chi connectivity index (χ0) is 13.7. The van der Waals surface area contributed by atoms with Crippen LogP contribution in [0.5, 0.6) is 5.75 Å². The quantitative estimate of drug-likeness (QED) is 0.770. The van der Waals surface area contributed by atoms with Gasteiger partial charge in [-0.3, -0.25) is 4.79 Å². The molecule has 0 radical (unpaired) electrons. The van der Waals surface area contributed by atoms with Gasteiger partial charge < -0.3 is 4.74 Å².